The van der Waals surface area contributed by atoms with Gasteiger partial charge in [0.05, 0.1) is 5.92 Å². The van der Waals surface area contributed by atoms with E-state index >= 15 is 0 Å². The number of pyridine rings is 1. The zero-order valence-electron chi connectivity index (χ0n) is 16.9. The zero-order chi connectivity index (χ0) is 20.8. The fraction of sp³-hybridized carbons (Fsp3) is 0.619. The van der Waals surface area contributed by atoms with Gasteiger partial charge < -0.3 is 15.8 Å². The standard InChI is InChI=1S/C21H28N4O4/c1-12(2)6-13-11-24-20(28)25(19(13)27)14-7-21(8-14)9-15(10-21)29-18-16(17(22)26)4-3-5-23-18/h3-5,12-15H,6-11H2,1-2H3,(H2,22,26)(H,24,28)/t13-,14?,15?,21?/m1/s1. The number of nitrogens with one attached hydrogen (secondary N) is 1. The van der Waals surface area contributed by atoms with Gasteiger partial charge in [0.2, 0.25) is 11.8 Å². The van der Waals surface area contributed by atoms with Crippen LogP contribution in [-0.2, 0) is 4.79 Å². The summed E-state index contributed by atoms with van der Waals surface area (Å²) in [5.74, 6) is -0.0312. The average Bonchev–Trinajstić information content (AvgIpc) is 2.60. The lowest BCUT2D eigenvalue weighted by molar-refractivity contribution is -0.149. The number of hydrogen-bond donors (Lipinski definition) is 2. The second kappa shape index (κ2) is 7.31. The molecule has 0 radical (unpaired) electrons. The van der Waals surface area contributed by atoms with Crippen molar-refractivity contribution in [2.45, 2.75) is 58.1 Å². The highest BCUT2D eigenvalue weighted by Crippen LogP contribution is 2.58. The zero-order valence-corrected chi connectivity index (χ0v) is 16.9. The Balaban J connectivity index is 1.32. The number of hydrogen-bond acceptors (Lipinski definition) is 5. The van der Waals surface area contributed by atoms with Crippen LogP contribution in [0.5, 0.6) is 5.88 Å². The Morgan fingerprint density at radius 1 is 1.34 bits per heavy atom. The number of ether oxygens (including phenoxy) is 1. The minimum Gasteiger partial charge on any atom is -0.474 e. The third-order valence-electron chi connectivity index (χ3n) is 6.40. The predicted molar refractivity (Wildman–Crippen MR) is 105 cm³/mol. The van der Waals surface area contributed by atoms with Gasteiger partial charge in [0.25, 0.3) is 5.91 Å². The van der Waals surface area contributed by atoms with Crippen LogP contribution < -0.4 is 15.8 Å². The number of primary amides is 1. The first-order chi connectivity index (χ1) is 13.8. The number of nitrogens with zero attached hydrogens (tertiary/aromatic N) is 2. The SMILES string of the molecule is CC(C)C[C@@H]1CNC(=O)N(C2CC3(CC(Oc4ncccc4C(N)=O)C3)C2)C1=O. The molecule has 3 N–H and O–H groups in total. The van der Waals surface area contributed by atoms with Crippen LogP contribution in [0.2, 0.25) is 0 Å². The van der Waals surface area contributed by atoms with Crippen LogP contribution in [0.4, 0.5) is 4.79 Å². The molecule has 1 aromatic heterocycles. The molecule has 2 saturated carbocycles. The van der Waals surface area contributed by atoms with E-state index in [0.29, 0.717) is 12.5 Å². The van der Waals surface area contributed by atoms with Crippen LogP contribution >= 0.6 is 0 Å². The molecular weight excluding hydrogens is 372 g/mol. The minimum atomic E-state index is -0.559. The molecule has 4 amide bonds. The summed E-state index contributed by atoms with van der Waals surface area (Å²) >= 11 is 0. The molecule has 3 aliphatic rings. The van der Waals surface area contributed by atoms with E-state index < -0.39 is 5.91 Å². The van der Waals surface area contributed by atoms with Gasteiger partial charge >= 0.3 is 6.03 Å². The lowest BCUT2D eigenvalue weighted by atomic mass is 9.52. The van der Waals surface area contributed by atoms with Crippen LogP contribution in [0.15, 0.2) is 18.3 Å². The van der Waals surface area contributed by atoms with Crippen molar-refractivity contribution in [2.24, 2.45) is 23.0 Å². The van der Waals surface area contributed by atoms with Crippen LogP contribution in [0.25, 0.3) is 0 Å². The largest absolute Gasteiger partial charge is 0.474 e. The Labute approximate surface area is 170 Å². The molecule has 0 bridgehead atoms. The maximum Gasteiger partial charge on any atom is 0.324 e. The van der Waals surface area contributed by atoms with Gasteiger partial charge in [-0.15, -0.1) is 0 Å². The van der Waals surface area contributed by atoms with E-state index in [-0.39, 0.29) is 46.9 Å². The van der Waals surface area contributed by atoms with E-state index in [1.165, 1.54) is 4.90 Å². The number of nitrogens with two attached hydrogens (primary N) is 1. The molecule has 1 aromatic rings. The normalized spacial score (nSPS) is 31.3. The van der Waals surface area contributed by atoms with Crippen LogP contribution in [0.3, 0.4) is 0 Å². The topological polar surface area (TPSA) is 115 Å². The molecule has 2 heterocycles. The summed E-state index contributed by atoms with van der Waals surface area (Å²) in [6.07, 6.45) is 5.62. The molecule has 156 valence electrons. The Morgan fingerprint density at radius 3 is 2.72 bits per heavy atom. The van der Waals surface area contributed by atoms with E-state index in [1.807, 2.05) is 0 Å². The summed E-state index contributed by atoms with van der Waals surface area (Å²) < 4.78 is 5.89. The van der Waals surface area contributed by atoms with Crippen molar-refractivity contribution in [3.63, 3.8) is 0 Å². The van der Waals surface area contributed by atoms with Gasteiger partial charge in [0.15, 0.2) is 0 Å². The molecule has 2 aliphatic carbocycles. The monoisotopic (exact) mass is 400 g/mol. The summed E-state index contributed by atoms with van der Waals surface area (Å²) in [7, 11) is 0. The Morgan fingerprint density at radius 2 is 2.07 bits per heavy atom. The number of carbonyl (C=O) groups is 3. The van der Waals surface area contributed by atoms with Crippen molar-refractivity contribution in [1.29, 1.82) is 0 Å². The van der Waals surface area contributed by atoms with Crippen LogP contribution in [-0.4, -0.2) is 46.4 Å². The van der Waals surface area contributed by atoms with Gasteiger partial charge in [-0.05, 0) is 55.6 Å². The molecular formula is C21H28N4O4. The molecule has 1 aliphatic heterocycles. The van der Waals surface area contributed by atoms with Crippen molar-refractivity contribution < 1.29 is 19.1 Å². The van der Waals surface area contributed by atoms with Gasteiger partial charge in [-0.3, -0.25) is 14.5 Å². The molecule has 8 nitrogen and oxygen atoms in total. The third kappa shape index (κ3) is 3.68. The smallest absolute Gasteiger partial charge is 0.324 e. The lowest BCUT2D eigenvalue weighted by Crippen LogP contribution is -2.65. The minimum absolute atomic E-state index is 0.0245. The van der Waals surface area contributed by atoms with Crippen LogP contribution in [0.1, 0.15) is 56.3 Å². The first kappa shape index (κ1) is 19.7. The number of rotatable bonds is 6. The third-order valence-corrected chi connectivity index (χ3v) is 6.40. The van der Waals surface area contributed by atoms with Crippen molar-refractivity contribution >= 4 is 17.8 Å². The molecule has 3 fully saturated rings. The highest BCUT2D eigenvalue weighted by Gasteiger charge is 2.57. The molecule has 0 aromatic carbocycles. The maximum absolute atomic E-state index is 12.8. The maximum atomic E-state index is 12.8. The summed E-state index contributed by atoms with van der Waals surface area (Å²) in [4.78, 5) is 42.2. The second-order valence-corrected chi connectivity index (χ2v) is 9.15. The van der Waals surface area contributed by atoms with Gasteiger partial charge in [0, 0.05) is 18.8 Å². The number of amides is 4. The quantitative estimate of drug-likeness (QED) is 0.759. The highest BCUT2D eigenvalue weighted by atomic mass is 16.5. The van der Waals surface area contributed by atoms with E-state index in [9.17, 15) is 14.4 Å². The van der Waals surface area contributed by atoms with Crippen molar-refractivity contribution in [3.8, 4) is 5.88 Å². The summed E-state index contributed by atoms with van der Waals surface area (Å²) in [6.45, 7) is 4.62. The average molecular weight is 400 g/mol. The fourth-order valence-corrected chi connectivity index (χ4v) is 5.05. The number of imide groups is 1. The number of aromatic nitrogens is 1. The summed E-state index contributed by atoms with van der Waals surface area (Å²) in [6, 6.07) is 2.96. The first-order valence-electron chi connectivity index (χ1n) is 10.3. The van der Waals surface area contributed by atoms with Crippen molar-refractivity contribution in [1.82, 2.24) is 15.2 Å². The molecule has 0 unspecified atom stereocenters. The summed E-state index contributed by atoms with van der Waals surface area (Å²) in [5.41, 5.74) is 5.77. The van der Waals surface area contributed by atoms with Gasteiger partial charge in [-0.2, -0.15) is 0 Å². The van der Waals surface area contributed by atoms with Gasteiger partial charge in [-0.1, -0.05) is 13.8 Å². The Kier molecular flexibility index (Phi) is 4.96. The Bertz CT molecular complexity index is 826. The molecule has 4 rings (SSSR count). The molecule has 1 saturated heterocycles. The fourth-order valence-electron chi connectivity index (χ4n) is 5.05. The van der Waals surface area contributed by atoms with Gasteiger partial charge in [0.1, 0.15) is 11.7 Å². The number of carbonyl (C=O) groups excluding carboxylic acids is 3. The van der Waals surface area contributed by atoms with E-state index in [4.69, 9.17) is 10.5 Å². The predicted octanol–water partition coefficient (Wildman–Crippen LogP) is 2.08. The first-order valence-corrected chi connectivity index (χ1v) is 10.3. The summed E-state index contributed by atoms with van der Waals surface area (Å²) in [5, 5.41) is 2.88. The van der Waals surface area contributed by atoms with E-state index in [2.05, 4.69) is 24.1 Å². The number of urea groups is 1. The lowest BCUT2D eigenvalue weighted by Gasteiger charge is -2.59. The molecule has 29 heavy (non-hydrogen) atoms. The molecule has 1 spiro atoms. The van der Waals surface area contributed by atoms with E-state index in [0.717, 1.165) is 32.1 Å². The highest BCUT2D eigenvalue weighted by molar-refractivity contribution is 5.98. The molecule has 1 atom stereocenters. The van der Waals surface area contributed by atoms with Crippen LogP contribution in [0, 0.1) is 17.3 Å². The van der Waals surface area contributed by atoms with Gasteiger partial charge in [-0.25, -0.2) is 9.78 Å². The van der Waals surface area contributed by atoms with E-state index in [1.54, 1.807) is 18.3 Å². The van der Waals surface area contributed by atoms with Crippen molar-refractivity contribution in [2.75, 3.05) is 6.54 Å². The van der Waals surface area contributed by atoms with Crippen molar-refractivity contribution in [3.05, 3.63) is 23.9 Å². The Hall–Kier alpha value is -2.64. The molecule has 8 heteroatoms. The second-order valence-electron chi connectivity index (χ2n) is 9.15.